The van der Waals surface area contributed by atoms with Gasteiger partial charge in [0.15, 0.2) is 5.60 Å². The third kappa shape index (κ3) is 3.67. The minimum atomic E-state index is -1.86. The van der Waals surface area contributed by atoms with E-state index in [1.54, 1.807) is 7.11 Å². The Morgan fingerprint density at radius 1 is 1.38 bits per heavy atom. The highest BCUT2D eigenvalue weighted by atomic mass is 32.1. The molecule has 112 valence electrons. The molecule has 0 saturated carbocycles. The van der Waals surface area contributed by atoms with E-state index >= 15 is 0 Å². The quantitative estimate of drug-likeness (QED) is 0.742. The lowest BCUT2D eigenvalue weighted by atomic mass is 10.1. The summed E-state index contributed by atoms with van der Waals surface area (Å²) in [4.78, 5) is 10.8. The SMILES string of the molecule is COc1ccc(-c2nnc(NCC(C)(O)C(=O)O)s2)cc1. The van der Waals surface area contributed by atoms with Crippen molar-refractivity contribution < 1.29 is 19.7 Å². The van der Waals surface area contributed by atoms with Crippen LogP contribution in [-0.2, 0) is 4.79 Å². The second kappa shape index (κ2) is 6.06. The number of carboxylic acids is 1. The summed E-state index contributed by atoms with van der Waals surface area (Å²) in [5.41, 5.74) is -0.974. The molecule has 1 aromatic carbocycles. The number of hydrogen-bond donors (Lipinski definition) is 3. The molecular weight excluding hydrogens is 294 g/mol. The molecule has 0 radical (unpaired) electrons. The van der Waals surface area contributed by atoms with Gasteiger partial charge in [-0.1, -0.05) is 11.3 Å². The molecule has 7 nitrogen and oxygen atoms in total. The maximum Gasteiger partial charge on any atom is 0.337 e. The van der Waals surface area contributed by atoms with Gasteiger partial charge in [0, 0.05) is 5.56 Å². The van der Waals surface area contributed by atoms with Crippen molar-refractivity contribution in [2.45, 2.75) is 12.5 Å². The fourth-order valence-electron chi connectivity index (χ4n) is 1.47. The van der Waals surface area contributed by atoms with Gasteiger partial charge in [0.25, 0.3) is 0 Å². The van der Waals surface area contributed by atoms with Gasteiger partial charge in [0.1, 0.15) is 10.8 Å². The number of aromatic nitrogens is 2. The second-order valence-electron chi connectivity index (χ2n) is 4.57. The Hall–Kier alpha value is -2.19. The van der Waals surface area contributed by atoms with Crippen LogP contribution in [0.2, 0.25) is 0 Å². The van der Waals surface area contributed by atoms with Crippen molar-refractivity contribution in [2.75, 3.05) is 19.0 Å². The van der Waals surface area contributed by atoms with Crippen LogP contribution in [0.15, 0.2) is 24.3 Å². The molecule has 0 saturated heterocycles. The van der Waals surface area contributed by atoms with Crippen molar-refractivity contribution in [1.82, 2.24) is 10.2 Å². The van der Waals surface area contributed by atoms with Crippen LogP contribution >= 0.6 is 11.3 Å². The number of carbonyl (C=O) groups is 1. The molecule has 0 aliphatic heterocycles. The molecule has 0 amide bonds. The first-order valence-corrected chi connectivity index (χ1v) is 6.91. The Labute approximate surface area is 125 Å². The number of carboxylic acid groups (broad SMARTS) is 1. The summed E-state index contributed by atoms with van der Waals surface area (Å²) in [7, 11) is 1.59. The Kier molecular flexibility index (Phi) is 4.39. The summed E-state index contributed by atoms with van der Waals surface area (Å²) in [5, 5.41) is 30.3. The zero-order valence-electron chi connectivity index (χ0n) is 11.5. The van der Waals surface area contributed by atoms with E-state index in [1.807, 2.05) is 24.3 Å². The lowest BCUT2D eigenvalue weighted by Gasteiger charge is -2.17. The molecular formula is C13H15N3O4S. The van der Waals surface area contributed by atoms with Crippen LogP contribution in [-0.4, -0.2) is 45.6 Å². The highest BCUT2D eigenvalue weighted by Crippen LogP contribution is 2.27. The van der Waals surface area contributed by atoms with E-state index in [9.17, 15) is 9.90 Å². The molecule has 0 aliphatic carbocycles. The monoisotopic (exact) mass is 309 g/mol. The lowest BCUT2D eigenvalue weighted by molar-refractivity contribution is -0.155. The number of aliphatic hydroxyl groups is 1. The number of ether oxygens (including phenoxy) is 1. The van der Waals surface area contributed by atoms with Crippen molar-refractivity contribution >= 4 is 22.4 Å². The van der Waals surface area contributed by atoms with Gasteiger partial charge in [-0.15, -0.1) is 10.2 Å². The predicted molar refractivity (Wildman–Crippen MR) is 78.6 cm³/mol. The van der Waals surface area contributed by atoms with Crippen molar-refractivity contribution in [2.24, 2.45) is 0 Å². The molecule has 8 heteroatoms. The van der Waals surface area contributed by atoms with Crippen LogP contribution in [0.3, 0.4) is 0 Å². The van der Waals surface area contributed by atoms with E-state index < -0.39 is 11.6 Å². The number of anilines is 1. The normalized spacial score (nSPS) is 13.5. The summed E-state index contributed by atoms with van der Waals surface area (Å²) in [6.07, 6.45) is 0. The first-order chi connectivity index (χ1) is 9.92. The molecule has 1 unspecified atom stereocenters. The van der Waals surface area contributed by atoms with Crippen molar-refractivity contribution in [3.05, 3.63) is 24.3 Å². The summed E-state index contributed by atoms with van der Waals surface area (Å²) >= 11 is 1.27. The summed E-state index contributed by atoms with van der Waals surface area (Å²) in [5.74, 6) is -0.547. The zero-order chi connectivity index (χ0) is 15.5. The standard InChI is InChI=1S/C13H15N3O4S/c1-13(19,11(17)18)7-14-12-16-15-10(21-12)8-3-5-9(20-2)6-4-8/h3-6,19H,7H2,1-2H3,(H,14,16)(H,17,18). The van der Waals surface area contributed by atoms with E-state index in [-0.39, 0.29) is 6.54 Å². The molecule has 2 rings (SSSR count). The van der Waals surface area contributed by atoms with E-state index in [1.165, 1.54) is 18.3 Å². The van der Waals surface area contributed by atoms with E-state index in [2.05, 4.69) is 15.5 Å². The summed E-state index contributed by atoms with van der Waals surface area (Å²) < 4.78 is 5.08. The average Bonchev–Trinajstić information content (AvgIpc) is 2.94. The predicted octanol–water partition coefficient (Wildman–Crippen LogP) is 1.46. The topological polar surface area (TPSA) is 105 Å². The molecule has 0 aliphatic rings. The molecule has 1 heterocycles. The van der Waals surface area contributed by atoms with Crippen LogP contribution in [0.4, 0.5) is 5.13 Å². The van der Waals surface area contributed by atoms with Gasteiger partial charge in [-0.3, -0.25) is 0 Å². The van der Waals surface area contributed by atoms with E-state index in [0.29, 0.717) is 10.1 Å². The number of nitrogens with zero attached hydrogens (tertiary/aromatic N) is 2. The fraction of sp³-hybridized carbons (Fsp3) is 0.308. The third-order valence-corrected chi connectivity index (χ3v) is 3.74. The van der Waals surface area contributed by atoms with Crippen LogP contribution in [0.25, 0.3) is 10.6 Å². The number of benzene rings is 1. The van der Waals surface area contributed by atoms with E-state index in [4.69, 9.17) is 9.84 Å². The van der Waals surface area contributed by atoms with Gasteiger partial charge in [0.05, 0.1) is 13.7 Å². The number of aliphatic carboxylic acids is 1. The zero-order valence-corrected chi connectivity index (χ0v) is 12.3. The summed E-state index contributed by atoms with van der Waals surface area (Å²) in [6, 6.07) is 7.35. The maximum atomic E-state index is 10.8. The molecule has 1 atom stereocenters. The second-order valence-corrected chi connectivity index (χ2v) is 5.55. The third-order valence-electron chi connectivity index (χ3n) is 2.81. The minimum Gasteiger partial charge on any atom is -0.497 e. The Balaban J connectivity index is 2.05. The number of hydrogen-bond acceptors (Lipinski definition) is 7. The Morgan fingerprint density at radius 2 is 2.05 bits per heavy atom. The molecule has 0 fully saturated rings. The summed E-state index contributed by atoms with van der Waals surface area (Å²) in [6.45, 7) is 1.06. The largest absolute Gasteiger partial charge is 0.497 e. The molecule has 3 N–H and O–H groups in total. The van der Waals surface area contributed by atoms with Gasteiger partial charge < -0.3 is 20.3 Å². The number of methoxy groups -OCH3 is 1. The first kappa shape index (κ1) is 15.2. The molecule has 21 heavy (non-hydrogen) atoms. The molecule has 2 aromatic rings. The highest BCUT2D eigenvalue weighted by Gasteiger charge is 2.29. The van der Waals surface area contributed by atoms with Gasteiger partial charge in [-0.25, -0.2) is 4.79 Å². The van der Waals surface area contributed by atoms with Gasteiger partial charge in [-0.05, 0) is 31.2 Å². The first-order valence-electron chi connectivity index (χ1n) is 6.10. The van der Waals surface area contributed by atoms with Crippen molar-refractivity contribution in [3.63, 3.8) is 0 Å². The average molecular weight is 309 g/mol. The molecule has 1 aromatic heterocycles. The number of rotatable bonds is 6. The highest BCUT2D eigenvalue weighted by molar-refractivity contribution is 7.18. The van der Waals surface area contributed by atoms with Crippen molar-refractivity contribution in [3.8, 4) is 16.3 Å². The lowest BCUT2D eigenvalue weighted by Crippen LogP contribution is -2.41. The van der Waals surface area contributed by atoms with Crippen LogP contribution in [0.5, 0.6) is 5.75 Å². The number of nitrogens with one attached hydrogen (secondary N) is 1. The van der Waals surface area contributed by atoms with Crippen LogP contribution in [0.1, 0.15) is 6.92 Å². The fourth-order valence-corrected chi connectivity index (χ4v) is 2.21. The van der Waals surface area contributed by atoms with Crippen LogP contribution < -0.4 is 10.1 Å². The van der Waals surface area contributed by atoms with Gasteiger partial charge in [0.2, 0.25) is 5.13 Å². The van der Waals surface area contributed by atoms with Gasteiger partial charge >= 0.3 is 5.97 Å². The smallest absolute Gasteiger partial charge is 0.337 e. The minimum absolute atomic E-state index is 0.153. The van der Waals surface area contributed by atoms with Crippen LogP contribution in [0, 0.1) is 0 Å². The Bertz CT molecular complexity index is 625. The maximum absolute atomic E-state index is 10.8. The van der Waals surface area contributed by atoms with Crippen molar-refractivity contribution in [1.29, 1.82) is 0 Å². The molecule has 0 spiro atoms. The van der Waals surface area contributed by atoms with E-state index in [0.717, 1.165) is 11.3 Å². The molecule has 0 bridgehead atoms. The Morgan fingerprint density at radius 3 is 2.62 bits per heavy atom. The van der Waals surface area contributed by atoms with Gasteiger partial charge in [-0.2, -0.15) is 0 Å².